The number of nitrogens with zero attached hydrogens (tertiary/aromatic N) is 1. The van der Waals surface area contributed by atoms with Crippen molar-refractivity contribution in [3.8, 4) is 0 Å². The summed E-state index contributed by atoms with van der Waals surface area (Å²) < 4.78 is 0. The number of rotatable bonds is 1. The number of hydrogen-bond donors (Lipinski definition) is 3. The van der Waals surface area contributed by atoms with Gasteiger partial charge in [0.25, 0.3) is 0 Å². The van der Waals surface area contributed by atoms with Gasteiger partial charge in [0.1, 0.15) is 0 Å². The number of hydrogen-bond acceptors (Lipinski definition) is 3. The molecule has 2 rings (SSSR count). The number of urea groups is 1. The van der Waals surface area contributed by atoms with E-state index >= 15 is 0 Å². The van der Waals surface area contributed by atoms with Crippen molar-refractivity contribution in [3.63, 3.8) is 0 Å². The molecule has 1 heterocycles. The zero-order chi connectivity index (χ0) is 10.8. The molecule has 76 valence electrons. The maximum absolute atomic E-state index is 10.7. The molecule has 0 unspecified atom stereocenters. The van der Waals surface area contributed by atoms with Crippen LogP contribution in [0.4, 0.5) is 16.3 Å². The summed E-state index contributed by atoms with van der Waals surface area (Å²) in [6.07, 6.45) is 0. The lowest BCUT2D eigenvalue weighted by atomic mass is 10.2. The summed E-state index contributed by atoms with van der Waals surface area (Å²) in [5, 5.41) is 3.29. The molecule has 0 atom stereocenters. The SMILES string of the molecule is NC(=O)Nc1nc2ccccc2cc1N. The normalized spacial score (nSPS) is 10.1. The summed E-state index contributed by atoms with van der Waals surface area (Å²) >= 11 is 0. The quantitative estimate of drug-likeness (QED) is 0.650. The fourth-order valence-corrected chi connectivity index (χ4v) is 1.35. The van der Waals surface area contributed by atoms with Crippen LogP contribution in [-0.2, 0) is 0 Å². The van der Waals surface area contributed by atoms with Crippen molar-refractivity contribution in [2.75, 3.05) is 11.1 Å². The first-order chi connectivity index (χ1) is 7.16. The highest BCUT2D eigenvalue weighted by Gasteiger charge is 2.04. The molecule has 1 aromatic carbocycles. The van der Waals surface area contributed by atoms with Gasteiger partial charge in [-0.05, 0) is 12.1 Å². The molecule has 5 N–H and O–H groups in total. The number of amides is 2. The van der Waals surface area contributed by atoms with E-state index in [1.54, 1.807) is 6.07 Å². The third-order valence-corrected chi connectivity index (χ3v) is 2.00. The summed E-state index contributed by atoms with van der Waals surface area (Å²) in [4.78, 5) is 14.9. The molecule has 0 saturated heterocycles. The number of fused-ring (bicyclic) bond motifs is 1. The molecule has 0 aliphatic carbocycles. The van der Waals surface area contributed by atoms with Gasteiger partial charge >= 0.3 is 6.03 Å². The number of para-hydroxylation sites is 1. The second-order valence-electron chi connectivity index (χ2n) is 3.11. The van der Waals surface area contributed by atoms with E-state index in [0.29, 0.717) is 11.5 Å². The molecule has 5 nitrogen and oxygen atoms in total. The number of nitrogen functional groups attached to an aromatic ring is 1. The van der Waals surface area contributed by atoms with Crippen molar-refractivity contribution in [3.05, 3.63) is 30.3 Å². The lowest BCUT2D eigenvalue weighted by molar-refractivity contribution is 0.259. The fourth-order valence-electron chi connectivity index (χ4n) is 1.35. The molecule has 15 heavy (non-hydrogen) atoms. The Morgan fingerprint density at radius 2 is 2.07 bits per heavy atom. The first-order valence-corrected chi connectivity index (χ1v) is 4.38. The van der Waals surface area contributed by atoms with Gasteiger partial charge in [-0.2, -0.15) is 0 Å². The number of pyridine rings is 1. The van der Waals surface area contributed by atoms with Crippen molar-refractivity contribution in [2.24, 2.45) is 5.73 Å². The van der Waals surface area contributed by atoms with Crippen LogP contribution in [0.3, 0.4) is 0 Å². The van der Waals surface area contributed by atoms with E-state index in [9.17, 15) is 4.79 Å². The molecule has 5 heteroatoms. The lowest BCUT2D eigenvalue weighted by Crippen LogP contribution is -2.20. The summed E-state index contributed by atoms with van der Waals surface area (Å²) in [5.74, 6) is 0.293. The molecular formula is C10H10N4O. The van der Waals surface area contributed by atoms with E-state index in [1.807, 2.05) is 24.3 Å². The first kappa shape index (κ1) is 9.26. The molecule has 0 spiro atoms. The van der Waals surface area contributed by atoms with Gasteiger partial charge in [0.05, 0.1) is 11.2 Å². The Labute approximate surface area is 86.1 Å². The van der Waals surface area contributed by atoms with E-state index in [4.69, 9.17) is 11.5 Å². The number of aromatic nitrogens is 1. The molecule has 2 amide bonds. The highest BCUT2D eigenvalue weighted by Crippen LogP contribution is 2.21. The minimum absolute atomic E-state index is 0.293. The monoisotopic (exact) mass is 202 g/mol. The predicted molar refractivity (Wildman–Crippen MR) is 59.4 cm³/mol. The molecule has 1 aromatic heterocycles. The molecule has 0 aliphatic heterocycles. The zero-order valence-electron chi connectivity index (χ0n) is 7.90. The van der Waals surface area contributed by atoms with Crippen LogP contribution < -0.4 is 16.8 Å². The van der Waals surface area contributed by atoms with Crippen LogP contribution >= 0.6 is 0 Å². The van der Waals surface area contributed by atoms with Crippen molar-refractivity contribution in [1.82, 2.24) is 4.98 Å². The molecule has 0 aliphatic rings. The van der Waals surface area contributed by atoms with Crippen molar-refractivity contribution in [2.45, 2.75) is 0 Å². The van der Waals surface area contributed by atoms with E-state index < -0.39 is 6.03 Å². The van der Waals surface area contributed by atoms with Crippen molar-refractivity contribution in [1.29, 1.82) is 0 Å². The second-order valence-corrected chi connectivity index (χ2v) is 3.11. The maximum atomic E-state index is 10.7. The standard InChI is InChI=1S/C10H10N4O/c11-7-5-6-3-1-2-4-8(6)13-9(7)14-10(12)15/h1-5H,11H2,(H3,12,13,14,15). The fraction of sp³-hybridized carbons (Fsp3) is 0. The van der Waals surface area contributed by atoms with Gasteiger partial charge in [-0.1, -0.05) is 18.2 Å². The van der Waals surface area contributed by atoms with Gasteiger partial charge in [-0.25, -0.2) is 9.78 Å². The van der Waals surface area contributed by atoms with Gasteiger partial charge in [-0.3, -0.25) is 5.32 Å². The highest BCUT2D eigenvalue weighted by molar-refractivity contribution is 5.93. The van der Waals surface area contributed by atoms with Crippen LogP contribution in [0.25, 0.3) is 10.9 Å². The van der Waals surface area contributed by atoms with Crippen LogP contribution in [0.1, 0.15) is 0 Å². The maximum Gasteiger partial charge on any atom is 0.317 e. The number of nitrogens with one attached hydrogen (secondary N) is 1. The topological polar surface area (TPSA) is 94.0 Å². The molecule has 0 radical (unpaired) electrons. The van der Waals surface area contributed by atoms with E-state index in [2.05, 4.69) is 10.3 Å². The number of nitrogens with two attached hydrogens (primary N) is 2. The third kappa shape index (κ3) is 1.80. The summed E-state index contributed by atoms with van der Waals surface area (Å²) in [5.41, 5.74) is 11.8. The molecule has 0 fully saturated rings. The number of carbonyl (C=O) groups is 1. The minimum atomic E-state index is -0.676. The molecule has 0 bridgehead atoms. The average Bonchev–Trinajstić information content (AvgIpc) is 2.18. The van der Waals surface area contributed by atoms with Gasteiger partial charge in [0.2, 0.25) is 0 Å². The van der Waals surface area contributed by atoms with Gasteiger partial charge < -0.3 is 11.5 Å². The Hall–Kier alpha value is -2.30. The van der Waals surface area contributed by atoms with E-state index in [0.717, 1.165) is 10.9 Å². The lowest BCUT2D eigenvalue weighted by Gasteiger charge is -2.06. The number of primary amides is 1. The third-order valence-electron chi connectivity index (χ3n) is 2.00. The Morgan fingerprint density at radius 1 is 1.33 bits per heavy atom. The van der Waals surface area contributed by atoms with E-state index in [-0.39, 0.29) is 0 Å². The Morgan fingerprint density at radius 3 is 2.80 bits per heavy atom. The van der Waals surface area contributed by atoms with Crippen LogP contribution in [0.15, 0.2) is 30.3 Å². The highest BCUT2D eigenvalue weighted by atomic mass is 16.2. The smallest absolute Gasteiger partial charge is 0.317 e. The summed E-state index contributed by atoms with van der Waals surface area (Å²) in [6, 6.07) is 8.55. The molecule has 2 aromatic rings. The van der Waals surface area contributed by atoms with E-state index in [1.165, 1.54) is 0 Å². The molecule has 0 saturated carbocycles. The van der Waals surface area contributed by atoms with Gasteiger partial charge in [-0.15, -0.1) is 0 Å². The first-order valence-electron chi connectivity index (χ1n) is 4.38. The van der Waals surface area contributed by atoms with Gasteiger partial charge in [0, 0.05) is 5.39 Å². The largest absolute Gasteiger partial charge is 0.396 e. The number of benzene rings is 1. The summed E-state index contributed by atoms with van der Waals surface area (Å²) in [6.45, 7) is 0. The van der Waals surface area contributed by atoms with Crippen LogP contribution in [0, 0.1) is 0 Å². The van der Waals surface area contributed by atoms with Crippen molar-refractivity contribution >= 4 is 28.4 Å². The number of anilines is 2. The minimum Gasteiger partial charge on any atom is -0.396 e. The van der Waals surface area contributed by atoms with Crippen molar-refractivity contribution < 1.29 is 4.79 Å². The number of carbonyl (C=O) groups excluding carboxylic acids is 1. The van der Waals surface area contributed by atoms with Crippen LogP contribution in [0.2, 0.25) is 0 Å². The Balaban J connectivity index is 2.56. The molecular weight excluding hydrogens is 192 g/mol. The second kappa shape index (κ2) is 3.45. The Kier molecular flexibility index (Phi) is 2.13. The van der Waals surface area contributed by atoms with Crippen LogP contribution in [-0.4, -0.2) is 11.0 Å². The zero-order valence-corrected chi connectivity index (χ0v) is 7.90. The summed E-state index contributed by atoms with van der Waals surface area (Å²) in [7, 11) is 0. The predicted octanol–water partition coefficient (Wildman–Crippen LogP) is 1.31. The average molecular weight is 202 g/mol. The van der Waals surface area contributed by atoms with Crippen LogP contribution in [0.5, 0.6) is 0 Å². The van der Waals surface area contributed by atoms with Gasteiger partial charge in [0.15, 0.2) is 5.82 Å². The Bertz CT molecular complexity index is 524.